The van der Waals surface area contributed by atoms with Gasteiger partial charge in [0.25, 0.3) is 5.91 Å². The number of carbonyl (C=O) groups is 2. The van der Waals surface area contributed by atoms with E-state index in [4.69, 9.17) is 11.5 Å². The van der Waals surface area contributed by atoms with E-state index in [1.165, 1.54) is 12.1 Å². The number of amides is 2. The Bertz CT molecular complexity index is 404. The average molecular weight is 272 g/mol. The number of benzene rings is 1. The molecule has 18 heavy (non-hydrogen) atoms. The van der Waals surface area contributed by atoms with Crippen molar-refractivity contribution in [2.24, 2.45) is 11.5 Å². The molecule has 0 aliphatic rings. The van der Waals surface area contributed by atoms with Gasteiger partial charge in [-0.05, 0) is 37.6 Å². The van der Waals surface area contributed by atoms with Crippen LogP contribution in [0.25, 0.3) is 0 Å². The van der Waals surface area contributed by atoms with Gasteiger partial charge in [-0.1, -0.05) is 0 Å². The molecule has 1 atom stereocenters. The number of nitrogens with two attached hydrogens (primary N) is 2. The van der Waals surface area contributed by atoms with Crippen molar-refractivity contribution < 1.29 is 9.59 Å². The maximum absolute atomic E-state index is 11.6. The summed E-state index contributed by atoms with van der Waals surface area (Å²) in [5.74, 6) is -0.685. The van der Waals surface area contributed by atoms with Crippen molar-refractivity contribution in [2.45, 2.75) is 19.4 Å². The van der Waals surface area contributed by atoms with Crippen LogP contribution in [0.15, 0.2) is 24.3 Å². The highest BCUT2D eigenvalue weighted by Gasteiger charge is 2.06. The summed E-state index contributed by atoms with van der Waals surface area (Å²) in [6.45, 7) is 2.42. The molecule has 1 rings (SSSR count). The number of rotatable bonds is 5. The summed E-state index contributed by atoms with van der Waals surface area (Å²) < 4.78 is 0. The lowest BCUT2D eigenvalue weighted by atomic mass is 10.1. The molecule has 1 aromatic rings. The Morgan fingerprint density at radius 1 is 1.22 bits per heavy atom. The van der Waals surface area contributed by atoms with Gasteiger partial charge in [-0.25, -0.2) is 0 Å². The summed E-state index contributed by atoms with van der Waals surface area (Å²) in [5, 5.41) is 2.74. The predicted octanol–water partition coefficient (Wildman–Crippen LogP) is 0.674. The van der Waals surface area contributed by atoms with E-state index in [2.05, 4.69) is 5.32 Å². The largest absolute Gasteiger partial charge is 0.366 e. The van der Waals surface area contributed by atoms with Crippen molar-refractivity contribution in [2.75, 3.05) is 6.54 Å². The van der Waals surface area contributed by atoms with Crippen molar-refractivity contribution in [1.82, 2.24) is 5.32 Å². The number of nitrogens with one attached hydrogen (secondary N) is 1. The molecule has 0 aliphatic heterocycles. The predicted molar refractivity (Wildman–Crippen MR) is 72.8 cm³/mol. The third-order valence-corrected chi connectivity index (χ3v) is 2.32. The van der Waals surface area contributed by atoms with E-state index in [0.717, 1.165) is 6.42 Å². The van der Waals surface area contributed by atoms with Crippen LogP contribution in [0.3, 0.4) is 0 Å². The summed E-state index contributed by atoms with van der Waals surface area (Å²) >= 11 is 0. The van der Waals surface area contributed by atoms with E-state index in [1.807, 2.05) is 6.92 Å². The highest BCUT2D eigenvalue weighted by atomic mass is 35.5. The van der Waals surface area contributed by atoms with Crippen LogP contribution in [0.5, 0.6) is 0 Å². The minimum atomic E-state index is -0.506. The lowest BCUT2D eigenvalue weighted by Crippen LogP contribution is -2.28. The molecule has 5 N–H and O–H groups in total. The topological polar surface area (TPSA) is 98.2 Å². The van der Waals surface area contributed by atoms with Gasteiger partial charge in [-0.3, -0.25) is 9.59 Å². The van der Waals surface area contributed by atoms with Gasteiger partial charge in [0.1, 0.15) is 0 Å². The Hall–Kier alpha value is -1.59. The highest BCUT2D eigenvalue weighted by Crippen LogP contribution is 2.03. The van der Waals surface area contributed by atoms with Gasteiger partial charge in [0.05, 0.1) is 0 Å². The van der Waals surface area contributed by atoms with Gasteiger partial charge in [-0.15, -0.1) is 12.4 Å². The molecule has 1 aromatic carbocycles. The first-order valence-electron chi connectivity index (χ1n) is 5.44. The third kappa shape index (κ3) is 5.16. The fourth-order valence-electron chi connectivity index (χ4n) is 1.30. The van der Waals surface area contributed by atoms with E-state index in [0.29, 0.717) is 17.7 Å². The first-order chi connectivity index (χ1) is 8.00. The van der Waals surface area contributed by atoms with Crippen LogP contribution in [-0.4, -0.2) is 24.4 Å². The van der Waals surface area contributed by atoms with Crippen molar-refractivity contribution in [1.29, 1.82) is 0 Å². The second-order valence-electron chi connectivity index (χ2n) is 3.96. The second kappa shape index (κ2) is 7.68. The second-order valence-corrected chi connectivity index (χ2v) is 3.96. The minimum Gasteiger partial charge on any atom is -0.366 e. The molecule has 2 amide bonds. The third-order valence-electron chi connectivity index (χ3n) is 2.32. The first-order valence-corrected chi connectivity index (χ1v) is 5.44. The Morgan fingerprint density at radius 3 is 2.17 bits per heavy atom. The minimum absolute atomic E-state index is 0. The maximum Gasteiger partial charge on any atom is 0.251 e. The van der Waals surface area contributed by atoms with Crippen molar-refractivity contribution in [3.8, 4) is 0 Å². The molecule has 0 saturated heterocycles. The zero-order chi connectivity index (χ0) is 12.8. The molecule has 0 fully saturated rings. The lowest BCUT2D eigenvalue weighted by molar-refractivity contribution is 0.0950. The van der Waals surface area contributed by atoms with Gasteiger partial charge in [0, 0.05) is 23.7 Å². The summed E-state index contributed by atoms with van der Waals surface area (Å²) in [4.78, 5) is 22.5. The molecule has 0 heterocycles. The average Bonchev–Trinajstić information content (AvgIpc) is 2.28. The Morgan fingerprint density at radius 2 is 1.72 bits per heavy atom. The summed E-state index contributed by atoms with van der Waals surface area (Å²) in [5.41, 5.74) is 11.6. The number of halogens is 1. The van der Waals surface area contributed by atoms with Gasteiger partial charge in [-0.2, -0.15) is 0 Å². The molecule has 0 spiro atoms. The van der Waals surface area contributed by atoms with E-state index in [9.17, 15) is 9.59 Å². The summed E-state index contributed by atoms with van der Waals surface area (Å²) in [6, 6.07) is 6.27. The smallest absolute Gasteiger partial charge is 0.251 e. The van der Waals surface area contributed by atoms with E-state index in [1.54, 1.807) is 12.1 Å². The van der Waals surface area contributed by atoms with Crippen LogP contribution in [0, 0.1) is 0 Å². The Labute approximate surface area is 112 Å². The van der Waals surface area contributed by atoms with Crippen LogP contribution in [0.4, 0.5) is 0 Å². The van der Waals surface area contributed by atoms with Crippen LogP contribution < -0.4 is 16.8 Å². The number of hydrogen-bond acceptors (Lipinski definition) is 3. The van der Waals surface area contributed by atoms with E-state index >= 15 is 0 Å². The molecule has 5 nitrogen and oxygen atoms in total. The molecule has 0 aromatic heterocycles. The highest BCUT2D eigenvalue weighted by molar-refractivity contribution is 5.97. The van der Waals surface area contributed by atoms with Crippen LogP contribution >= 0.6 is 12.4 Å². The summed E-state index contributed by atoms with van der Waals surface area (Å²) in [7, 11) is 0. The normalized spacial score (nSPS) is 11.2. The fraction of sp³-hybridized carbons (Fsp3) is 0.333. The zero-order valence-corrected chi connectivity index (χ0v) is 11.0. The molecule has 100 valence electrons. The SMILES string of the molecule is CC(N)CCNC(=O)c1ccc(C(N)=O)cc1.Cl. The van der Waals surface area contributed by atoms with Crippen molar-refractivity contribution in [3.05, 3.63) is 35.4 Å². The van der Waals surface area contributed by atoms with Gasteiger partial charge in [0.15, 0.2) is 0 Å². The Balaban J connectivity index is 0.00000289. The molecule has 0 saturated carbocycles. The van der Waals surface area contributed by atoms with Gasteiger partial charge >= 0.3 is 0 Å². The molecule has 0 radical (unpaired) electrons. The molecule has 6 heteroatoms. The van der Waals surface area contributed by atoms with Crippen LogP contribution in [0.1, 0.15) is 34.1 Å². The maximum atomic E-state index is 11.6. The molecule has 0 aliphatic carbocycles. The fourth-order valence-corrected chi connectivity index (χ4v) is 1.30. The standard InChI is InChI=1S/C12H17N3O2.ClH/c1-8(13)6-7-15-12(17)10-4-2-9(3-5-10)11(14)16;/h2-5,8H,6-7,13H2,1H3,(H2,14,16)(H,15,17);1H. The quantitative estimate of drug-likeness (QED) is 0.734. The van der Waals surface area contributed by atoms with Crippen LogP contribution in [0.2, 0.25) is 0 Å². The number of primary amides is 1. The number of carbonyl (C=O) groups excluding carboxylic acids is 2. The van der Waals surface area contributed by atoms with Gasteiger partial charge < -0.3 is 16.8 Å². The lowest BCUT2D eigenvalue weighted by Gasteiger charge is -2.07. The van der Waals surface area contributed by atoms with E-state index < -0.39 is 5.91 Å². The van der Waals surface area contributed by atoms with Crippen LogP contribution in [-0.2, 0) is 0 Å². The molecular weight excluding hydrogens is 254 g/mol. The summed E-state index contributed by atoms with van der Waals surface area (Å²) in [6.07, 6.45) is 0.727. The first kappa shape index (κ1) is 16.4. The molecular formula is C12H18ClN3O2. The van der Waals surface area contributed by atoms with Gasteiger partial charge in [0.2, 0.25) is 5.91 Å². The Kier molecular flexibility index (Phi) is 7.00. The molecule has 1 unspecified atom stereocenters. The van der Waals surface area contributed by atoms with Crippen molar-refractivity contribution >= 4 is 24.2 Å². The zero-order valence-electron chi connectivity index (χ0n) is 10.2. The molecule has 0 bridgehead atoms. The van der Waals surface area contributed by atoms with Crippen molar-refractivity contribution in [3.63, 3.8) is 0 Å². The number of hydrogen-bond donors (Lipinski definition) is 3. The van der Waals surface area contributed by atoms with E-state index in [-0.39, 0.29) is 24.4 Å². The monoisotopic (exact) mass is 271 g/mol.